The summed E-state index contributed by atoms with van der Waals surface area (Å²) < 4.78 is 0. The van der Waals surface area contributed by atoms with Gasteiger partial charge in [-0.05, 0) is 117 Å². The molecule has 8 bridgehead atoms. The van der Waals surface area contributed by atoms with Gasteiger partial charge in [0.25, 0.3) is 0 Å². The first-order valence-corrected chi connectivity index (χ1v) is 14.7. The van der Waals surface area contributed by atoms with Crippen molar-refractivity contribution in [1.29, 1.82) is 0 Å². The van der Waals surface area contributed by atoms with Crippen LogP contribution in [0.15, 0.2) is 24.3 Å². The average molecular weight is 606 g/mol. The zero-order chi connectivity index (χ0) is 31.2. The predicted molar refractivity (Wildman–Crippen MR) is 169 cm³/mol. The number of aliphatic carboxylic acids is 2. The molecule has 0 amide bonds. The molecule has 0 aromatic carbocycles. The zero-order valence-corrected chi connectivity index (χ0v) is 28.5. The van der Waals surface area contributed by atoms with Crippen LogP contribution in [0.2, 0.25) is 0 Å². The van der Waals surface area contributed by atoms with Crippen molar-refractivity contribution in [3.05, 3.63) is 69.3 Å². The number of aryl methyl sites for hydroxylation is 3. The zero-order valence-electron chi connectivity index (χ0n) is 26.5. The number of fused-ring (bicyclic) bond motifs is 8. The van der Waals surface area contributed by atoms with E-state index in [0.29, 0.717) is 23.5 Å². The number of aliphatic hydroxyl groups excluding tert-OH is 1. The third kappa shape index (κ3) is 6.33. The molecule has 1 atom stereocenters. The molecule has 0 radical (unpaired) electrons. The molecule has 44 heavy (non-hydrogen) atoms. The number of carboxylic acid groups (broad SMARTS) is 2. The van der Waals surface area contributed by atoms with E-state index in [1.165, 1.54) is 5.56 Å². The molecule has 0 fully saturated rings. The SMILES string of the molecule is CCc1c(C)c2cc3nc(cc4nc(cc5[nH]c(cc1[nH]2)c(C)c5C(C)O)C(C)=C4CCC(=O)O)C(CCC(=O)O)=C3C.[Na+]. The summed E-state index contributed by atoms with van der Waals surface area (Å²) in [6.07, 6.45) is 0.583. The molecule has 1 unspecified atom stereocenters. The Morgan fingerprint density at radius 1 is 0.727 bits per heavy atom. The predicted octanol–water partition coefficient (Wildman–Crippen LogP) is 4.14. The molecular weight excluding hydrogens is 567 g/mol. The summed E-state index contributed by atoms with van der Waals surface area (Å²) in [6, 6.07) is 7.85. The Labute approximate surface area is 278 Å². The second kappa shape index (κ2) is 13.2. The fourth-order valence-electron chi connectivity index (χ4n) is 6.27. The van der Waals surface area contributed by atoms with Crippen LogP contribution in [-0.4, -0.2) is 47.2 Å². The molecule has 3 aromatic rings. The van der Waals surface area contributed by atoms with E-state index in [-0.39, 0.29) is 48.8 Å². The average Bonchev–Trinajstić information content (AvgIpc) is 3.59. The van der Waals surface area contributed by atoms with Gasteiger partial charge in [0.05, 0.1) is 28.9 Å². The number of rotatable bonds is 8. The van der Waals surface area contributed by atoms with E-state index in [0.717, 1.165) is 73.2 Å². The van der Waals surface area contributed by atoms with Crippen LogP contribution >= 0.6 is 0 Å². The van der Waals surface area contributed by atoms with Crippen LogP contribution in [0.4, 0.5) is 0 Å². The van der Waals surface area contributed by atoms with Crippen molar-refractivity contribution in [3.8, 4) is 0 Å². The molecule has 0 aliphatic carbocycles. The summed E-state index contributed by atoms with van der Waals surface area (Å²) in [7, 11) is 0. The fourth-order valence-corrected chi connectivity index (χ4v) is 6.27. The van der Waals surface area contributed by atoms with Gasteiger partial charge >= 0.3 is 41.5 Å². The Bertz CT molecular complexity index is 1890. The smallest absolute Gasteiger partial charge is 0.481 e. The van der Waals surface area contributed by atoms with E-state index >= 15 is 0 Å². The number of aromatic amines is 2. The topological polar surface area (TPSA) is 152 Å². The summed E-state index contributed by atoms with van der Waals surface area (Å²) >= 11 is 0. The molecule has 9 nitrogen and oxygen atoms in total. The van der Waals surface area contributed by atoms with E-state index in [4.69, 9.17) is 9.97 Å². The van der Waals surface area contributed by atoms with Crippen LogP contribution in [0, 0.1) is 13.8 Å². The third-order valence-corrected chi connectivity index (χ3v) is 8.67. The molecule has 0 saturated carbocycles. The number of carboxylic acids is 2. The van der Waals surface area contributed by atoms with E-state index in [2.05, 4.69) is 29.9 Å². The van der Waals surface area contributed by atoms with E-state index in [1.54, 1.807) is 6.92 Å². The van der Waals surface area contributed by atoms with Gasteiger partial charge in [-0.1, -0.05) is 6.92 Å². The number of hydrogen-bond donors (Lipinski definition) is 5. The summed E-state index contributed by atoms with van der Waals surface area (Å²) in [6.45, 7) is 11.8. The van der Waals surface area contributed by atoms with Crippen molar-refractivity contribution in [2.75, 3.05) is 0 Å². The number of allylic oxidation sites excluding steroid dienone is 4. The van der Waals surface area contributed by atoms with Crippen LogP contribution in [0.3, 0.4) is 0 Å². The minimum Gasteiger partial charge on any atom is -0.481 e. The Kier molecular flexibility index (Phi) is 10.0. The van der Waals surface area contributed by atoms with Crippen LogP contribution in [0.1, 0.15) is 105 Å². The second-order valence-electron chi connectivity index (χ2n) is 11.4. The van der Waals surface area contributed by atoms with E-state index in [1.807, 2.05) is 39.0 Å². The minimum absolute atomic E-state index is 0. The molecule has 224 valence electrons. The van der Waals surface area contributed by atoms with Gasteiger partial charge in [0, 0.05) is 40.5 Å². The second-order valence-corrected chi connectivity index (χ2v) is 11.4. The molecular formula is C34H38N4NaO5+. The largest absolute Gasteiger partial charge is 1.00 e. The number of H-pyrrole nitrogens is 2. The summed E-state index contributed by atoms with van der Waals surface area (Å²) in [5.74, 6) is -1.79. The van der Waals surface area contributed by atoms with Crippen molar-refractivity contribution in [2.24, 2.45) is 0 Å². The Morgan fingerprint density at radius 2 is 1.20 bits per heavy atom. The van der Waals surface area contributed by atoms with Crippen LogP contribution < -0.4 is 29.6 Å². The molecule has 10 heteroatoms. The standard InChI is InChI=1S/C34H38N4O5.Na/c1-7-21-16(2)24-12-25-17(3)22(8-10-32(40)41)29(36-25)15-30-23(9-11-33(42)43)18(4)26(37-30)14-31-34(20(6)39)19(5)27(38-31)13-28(21)35-24;/h12-15,20,35,38-39H,7-11H2,1-6H3,(H,40,41)(H,42,43);/q;+1. The molecule has 0 spiro atoms. The summed E-state index contributed by atoms with van der Waals surface area (Å²) in [5.41, 5.74) is 13.6. The van der Waals surface area contributed by atoms with Gasteiger partial charge in [0.1, 0.15) is 0 Å². The molecule has 5 N–H and O–H groups in total. The number of aliphatic hydroxyl groups is 1. The van der Waals surface area contributed by atoms with E-state index < -0.39 is 18.0 Å². The van der Waals surface area contributed by atoms with Crippen LogP contribution in [0.5, 0.6) is 0 Å². The monoisotopic (exact) mass is 605 g/mol. The fraction of sp³-hybridized carbons (Fsp3) is 0.353. The van der Waals surface area contributed by atoms with Gasteiger partial charge in [-0.3, -0.25) is 9.59 Å². The minimum atomic E-state index is -0.903. The quantitative estimate of drug-likeness (QED) is 0.242. The molecule has 0 saturated heterocycles. The van der Waals surface area contributed by atoms with Crippen molar-refractivity contribution in [3.63, 3.8) is 0 Å². The Hall–Kier alpha value is -3.50. The first-order chi connectivity index (χ1) is 20.4. The van der Waals surface area contributed by atoms with Gasteiger partial charge in [-0.15, -0.1) is 0 Å². The van der Waals surface area contributed by atoms with Crippen LogP contribution in [-0.2, 0) is 16.0 Å². The maximum absolute atomic E-state index is 11.5. The van der Waals surface area contributed by atoms with Gasteiger partial charge < -0.3 is 25.3 Å². The number of carbonyl (C=O) groups is 2. The molecule has 2 aliphatic heterocycles. The first-order valence-electron chi connectivity index (χ1n) is 14.7. The number of hydrogen-bond acceptors (Lipinski definition) is 5. The maximum atomic E-state index is 11.5. The number of aromatic nitrogens is 4. The Balaban J connectivity index is 0.00000442. The first kappa shape index (κ1) is 33.4. The van der Waals surface area contributed by atoms with Gasteiger partial charge in [-0.2, -0.15) is 0 Å². The number of nitrogens with one attached hydrogen (secondary N) is 2. The number of nitrogens with zero attached hydrogens (tertiary/aromatic N) is 2. The normalized spacial score (nSPS) is 13.7. The van der Waals surface area contributed by atoms with Crippen LogP contribution in [0.25, 0.3) is 44.4 Å². The maximum Gasteiger partial charge on any atom is 1.00 e. The third-order valence-electron chi connectivity index (χ3n) is 8.67. The molecule has 3 aromatic heterocycles. The summed E-state index contributed by atoms with van der Waals surface area (Å²) in [5, 5.41) is 29.7. The van der Waals surface area contributed by atoms with Gasteiger partial charge in [-0.25, -0.2) is 9.97 Å². The van der Waals surface area contributed by atoms with Gasteiger partial charge in [0.2, 0.25) is 0 Å². The van der Waals surface area contributed by atoms with Crippen molar-refractivity contribution >= 4 is 56.3 Å². The molecule has 2 aliphatic rings. The summed E-state index contributed by atoms with van der Waals surface area (Å²) in [4.78, 5) is 40.1. The molecule has 5 rings (SSSR count). The van der Waals surface area contributed by atoms with Crippen molar-refractivity contribution in [1.82, 2.24) is 19.9 Å². The van der Waals surface area contributed by atoms with Crippen molar-refractivity contribution < 1.29 is 54.5 Å². The van der Waals surface area contributed by atoms with Gasteiger partial charge in [0.15, 0.2) is 0 Å². The molecule has 5 heterocycles. The Morgan fingerprint density at radius 3 is 1.68 bits per heavy atom. The van der Waals surface area contributed by atoms with Crippen molar-refractivity contribution in [2.45, 2.75) is 79.8 Å². The van der Waals surface area contributed by atoms with E-state index in [9.17, 15) is 24.9 Å².